The fourth-order valence-electron chi connectivity index (χ4n) is 3.30. The highest BCUT2D eigenvalue weighted by atomic mass is 16.5. The summed E-state index contributed by atoms with van der Waals surface area (Å²) in [7, 11) is 0. The zero-order chi connectivity index (χ0) is 21.6. The van der Waals surface area contributed by atoms with Gasteiger partial charge in [0.25, 0.3) is 0 Å². The SMILES string of the molecule is CCOc1ccc(-c2cc(-c3cccc(Oc4ccccc4)c3)c(C#N)c(N)n2)cc1. The minimum absolute atomic E-state index is 0.193. The number of para-hydroxylation sites is 1. The van der Waals surface area contributed by atoms with Gasteiger partial charge >= 0.3 is 0 Å². The third-order valence-electron chi connectivity index (χ3n) is 4.74. The van der Waals surface area contributed by atoms with Gasteiger partial charge < -0.3 is 15.2 Å². The van der Waals surface area contributed by atoms with Crippen molar-refractivity contribution in [1.82, 2.24) is 4.98 Å². The predicted octanol–water partition coefficient (Wildman–Crippen LogP) is 6.06. The predicted molar refractivity (Wildman–Crippen MR) is 122 cm³/mol. The summed E-state index contributed by atoms with van der Waals surface area (Å²) in [5.74, 6) is 2.40. The van der Waals surface area contributed by atoms with Crippen molar-refractivity contribution in [2.24, 2.45) is 0 Å². The Kier molecular flexibility index (Phi) is 5.82. The van der Waals surface area contributed by atoms with Crippen LogP contribution in [0.1, 0.15) is 12.5 Å². The van der Waals surface area contributed by atoms with Crippen LogP contribution in [0.25, 0.3) is 22.4 Å². The number of nitriles is 1. The van der Waals surface area contributed by atoms with Gasteiger partial charge in [0.2, 0.25) is 0 Å². The van der Waals surface area contributed by atoms with E-state index in [4.69, 9.17) is 15.2 Å². The molecule has 0 fully saturated rings. The van der Waals surface area contributed by atoms with Crippen molar-refractivity contribution in [2.45, 2.75) is 6.92 Å². The Balaban J connectivity index is 1.74. The Labute approximate surface area is 181 Å². The molecule has 0 spiro atoms. The Morgan fingerprint density at radius 1 is 0.839 bits per heavy atom. The minimum Gasteiger partial charge on any atom is -0.494 e. The molecule has 2 N–H and O–H groups in total. The highest BCUT2D eigenvalue weighted by Gasteiger charge is 2.14. The van der Waals surface area contributed by atoms with Crippen LogP contribution in [0.5, 0.6) is 17.2 Å². The first kappa shape index (κ1) is 20.0. The number of anilines is 1. The summed E-state index contributed by atoms with van der Waals surface area (Å²) in [4.78, 5) is 4.45. The first-order valence-corrected chi connectivity index (χ1v) is 9.95. The monoisotopic (exact) mass is 407 g/mol. The van der Waals surface area contributed by atoms with Crippen LogP contribution in [0.4, 0.5) is 5.82 Å². The van der Waals surface area contributed by atoms with Crippen LogP contribution in [0, 0.1) is 11.3 Å². The van der Waals surface area contributed by atoms with Gasteiger partial charge in [0, 0.05) is 11.1 Å². The van der Waals surface area contributed by atoms with E-state index in [0.717, 1.165) is 22.6 Å². The number of aromatic nitrogens is 1. The lowest BCUT2D eigenvalue weighted by Gasteiger charge is -2.12. The molecule has 5 nitrogen and oxygen atoms in total. The summed E-state index contributed by atoms with van der Waals surface area (Å²) in [5.41, 5.74) is 9.60. The van der Waals surface area contributed by atoms with Gasteiger partial charge in [-0.25, -0.2) is 4.98 Å². The van der Waals surface area contributed by atoms with Crippen LogP contribution in [-0.2, 0) is 0 Å². The molecule has 0 radical (unpaired) electrons. The molecule has 0 amide bonds. The van der Waals surface area contributed by atoms with Gasteiger partial charge in [-0.05, 0) is 67.1 Å². The van der Waals surface area contributed by atoms with Crippen molar-refractivity contribution in [2.75, 3.05) is 12.3 Å². The molecular formula is C26H21N3O2. The molecule has 0 saturated carbocycles. The highest BCUT2D eigenvalue weighted by Crippen LogP contribution is 2.34. The Morgan fingerprint density at radius 2 is 1.58 bits per heavy atom. The van der Waals surface area contributed by atoms with Crippen LogP contribution < -0.4 is 15.2 Å². The molecule has 4 aromatic rings. The molecule has 4 rings (SSSR count). The molecule has 0 aliphatic heterocycles. The zero-order valence-corrected chi connectivity index (χ0v) is 17.1. The molecule has 0 bridgehead atoms. The Hall–Kier alpha value is -4.30. The molecule has 1 heterocycles. The van der Waals surface area contributed by atoms with E-state index in [0.29, 0.717) is 29.2 Å². The largest absolute Gasteiger partial charge is 0.494 e. The molecule has 31 heavy (non-hydrogen) atoms. The van der Waals surface area contributed by atoms with E-state index >= 15 is 0 Å². The number of pyridine rings is 1. The third kappa shape index (κ3) is 4.49. The van der Waals surface area contributed by atoms with E-state index in [-0.39, 0.29) is 5.82 Å². The number of ether oxygens (including phenoxy) is 2. The van der Waals surface area contributed by atoms with Gasteiger partial charge in [-0.15, -0.1) is 0 Å². The van der Waals surface area contributed by atoms with Gasteiger partial charge in [0.15, 0.2) is 0 Å². The van der Waals surface area contributed by atoms with E-state index in [9.17, 15) is 5.26 Å². The normalized spacial score (nSPS) is 10.3. The molecule has 0 unspecified atom stereocenters. The van der Waals surface area contributed by atoms with E-state index in [1.807, 2.05) is 91.9 Å². The smallest absolute Gasteiger partial charge is 0.142 e. The van der Waals surface area contributed by atoms with Gasteiger partial charge in [0.05, 0.1) is 12.3 Å². The summed E-state index contributed by atoms with van der Waals surface area (Å²) in [6, 6.07) is 28.8. The van der Waals surface area contributed by atoms with Gasteiger partial charge in [-0.3, -0.25) is 0 Å². The molecule has 3 aromatic carbocycles. The summed E-state index contributed by atoms with van der Waals surface area (Å²) in [5, 5.41) is 9.70. The molecule has 0 saturated heterocycles. The number of nitrogens with zero attached hydrogens (tertiary/aromatic N) is 2. The quantitative estimate of drug-likeness (QED) is 0.420. The van der Waals surface area contributed by atoms with Gasteiger partial charge in [-0.2, -0.15) is 5.26 Å². The molecule has 1 aromatic heterocycles. The lowest BCUT2D eigenvalue weighted by atomic mass is 9.98. The number of rotatable bonds is 6. The molecule has 152 valence electrons. The van der Waals surface area contributed by atoms with Crippen LogP contribution >= 0.6 is 0 Å². The number of nitrogen functional groups attached to an aromatic ring is 1. The molecule has 5 heteroatoms. The van der Waals surface area contributed by atoms with Crippen LogP contribution in [0.15, 0.2) is 84.9 Å². The van der Waals surface area contributed by atoms with Gasteiger partial charge in [-0.1, -0.05) is 30.3 Å². The maximum absolute atomic E-state index is 9.70. The standard InChI is InChI=1S/C26H21N3O2/c1-2-30-20-13-11-18(12-14-20)25-16-23(24(17-27)26(28)29-25)19-7-6-10-22(15-19)31-21-8-4-3-5-9-21/h3-16H,2H2,1H3,(H2,28,29). The van der Waals surface area contributed by atoms with Crippen LogP contribution in [0.3, 0.4) is 0 Å². The van der Waals surface area contributed by atoms with Crippen LogP contribution in [0.2, 0.25) is 0 Å². The second kappa shape index (κ2) is 9.02. The summed E-state index contributed by atoms with van der Waals surface area (Å²) < 4.78 is 11.5. The Morgan fingerprint density at radius 3 is 2.29 bits per heavy atom. The van der Waals surface area contributed by atoms with Crippen molar-refractivity contribution in [1.29, 1.82) is 5.26 Å². The fourth-order valence-corrected chi connectivity index (χ4v) is 3.30. The maximum atomic E-state index is 9.70. The average Bonchev–Trinajstić information content (AvgIpc) is 2.80. The maximum Gasteiger partial charge on any atom is 0.142 e. The summed E-state index contributed by atoms with van der Waals surface area (Å²) >= 11 is 0. The number of hydrogen-bond acceptors (Lipinski definition) is 5. The summed E-state index contributed by atoms with van der Waals surface area (Å²) in [6.07, 6.45) is 0. The molecule has 0 atom stereocenters. The average molecular weight is 407 g/mol. The molecular weight excluding hydrogens is 386 g/mol. The lowest BCUT2D eigenvalue weighted by molar-refractivity contribution is 0.340. The molecule has 0 aliphatic carbocycles. The van der Waals surface area contributed by atoms with Crippen molar-refractivity contribution in [3.05, 3.63) is 90.5 Å². The first-order valence-electron chi connectivity index (χ1n) is 9.95. The van der Waals surface area contributed by atoms with E-state index in [1.54, 1.807) is 0 Å². The number of benzene rings is 3. The molecule has 0 aliphatic rings. The van der Waals surface area contributed by atoms with Crippen LogP contribution in [-0.4, -0.2) is 11.6 Å². The number of nitrogens with two attached hydrogens (primary N) is 1. The number of hydrogen-bond donors (Lipinski definition) is 1. The van der Waals surface area contributed by atoms with E-state index in [2.05, 4.69) is 11.1 Å². The zero-order valence-electron chi connectivity index (χ0n) is 17.1. The second-order valence-electron chi connectivity index (χ2n) is 6.83. The second-order valence-corrected chi connectivity index (χ2v) is 6.83. The van der Waals surface area contributed by atoms with Crippen molar-refractivity contribution >= 4 is 5.82 Å². The third-order valence-corrected chi connectivity index (χ3v) is 4.74. The van der Waals surface area contributed by atoms with Gasteiger partial charge in [0.1, 0.15) is 34.7 Å². The Bertz CT molecular complexity index is 1230. The van der Waals surface area contributed by atoms with E-state index < -0.39 is 0 Å². The van der Waals surface area contributed by atoms with Crippen molar-refractivity contribution in [3.63, 3.8) is 0 Å². The lowest BCUT2D eigenvalue weighted by Crippen LogP contribution is -2.00. The first-order chi connectivity index (χ1) is 15.2. The summed E-state index contributed by atoms with van der Waals surface area (Å²) in [6.45, 7) is 2.55. The topological polar surface area (TPSA) is 81.2 Å². The highest BCUT2D eigenvalue weighted by molar-refractivity contribution is 5.80. The minimum atomic E-state index is 0.193. The van der Waals surface area contributed by atoms with E-state index in [1.165, 1.54) is 0 Å². The van der Waals surface area contributed by atoms with Crippen molar-refractivity contribution < 1.29 is 9.47 Å². The fraction of sp³-hybridized carbons (Fsp3) is 0.0769. The van der Waals surface area contributed by atoms with Crippen molar-refractivity contribution in [3.8, 4) is 45.7 Å².